The van der Waals surface area contributed by atoms with Crippen LogP contribution in [0.4, 0.5) is 0 Å². The van der Waals surface area contributed by atoms with Gasteiger partial charge in [-0.05, 0) is 42.3 Å². The van der Waals surface area contributed by atoms with E-state index in [0.29, 0.717) is 17.3 Å². The summed E-state index contributed by atoms with van der Waals surface area (Å²) in [6, 6.07) is 17.9. The van der Waals surface area contributed by atoms with Gasteiger partial charge in [0.2, 0.25) is 0 Å². The van der Waals surface area contributed by atoms with Crippen LogP contribution in [0.3, 0.4) is 0 Å². The molecule has 3 rings (SSSR count). The number of rotatable bonds is 6. The van der Waals surface area contributed by atoms with Crippen LogP contribution in [0, 0.1) is 0 Å². The van der Waals surface area contributed by atoms with Crippen LogP contribution in [0.15, 0.2) is 60.7 Å². The largest absolute Gasteiger partial charge is 1.00 e. The normalized spacial score (nSPS) is 10.1. The number of carboxylic acids is 1. The van der Waals surface area contributed by atoms with Gasteiger partial charge < -0.3 is 14.6 Å². The number of aromatic carboxylic acids is 1. The number of carboxylic acid groups (broad SMARTS) is 1. The summed E-state index contributed by atoms with van der Waals surface area (Å²) in [6.45, 7) is 2.63. The molecule has 0 saturated heterocycles. The second-order valence-electron chi connectivity index (χ2n) is 5.73. The van der Waals surface area contributed by atoms with Gasteiger partial charge in [-0.15, -0.1) is 0 Å². The van der Waals surface area contributed by atoms with Crippen molar-refractivity contribution in [3.63, 3.8) is 0 Å². The molecular formula is C21H17ClNNaO3. The summed E-state index contributed by atoms with van der Waals surface area (Å²) in [6.07, 6.45) is 0.888. The van der Waals surface area contributed by atoms with E-state index in [2.05, 4.69) is 4.98 Å². The molecule has 1 aromatic heterocycles. The summed E-state index contributed by atoms with van der Waals surface area (Å²) < 4.78 is 5.87. The minimum absolute atomic E-state index is 0. The van der Waals surface area contributed by atoms with Crippen molar-refractivity contribution in [2.45, 2.75) is 13.3 Å². The number of hydrogen-bond acceptors (Lipinski definition) is 4. The molecular weight excluding hydrogens is 373 g/mol. The molecule has 0 N–H and O–H groups in total. The fourth-order valence-corrected chi connectivity index (χ4v) is 2.86. The molecule has 0 saturated carbocycles. The number of ether oxygens (including phenoxy) is 1. The molecule has 0 bridgehead atoms. The number of pyridine rings is 1. The Morgan fingerprint density at radius 3 is 2.48 bits per heavy atom. The fraction of sp³-hybridized carbons (Fsp3) is 0.143. The van der Waals surface area contributed by atoms with Crippen LogP contribution in [-0.2, 0) is 0 Å². The molecule has 0 spiro atoms. The van der Waals surface area contributed by atoms with Crippen LogP contribution < -0.4 is 39.4 Å². The van der Waals surface area contributed by atoms with Gasteiger partial charge in [0.15, 0.2) is 0 Å². The van der Waals surface area contributed by atoms with Gasteiger partial charge in [0, 0.05) is 16.1 Å². The van der Waals surface area contributed by atoms with Crippen molar-refractivity contribution < 1.29 is 44.2 Å². The summed E-state index contributed by atoms with van der Waals surface area (Å²) in [4.78, 5) is 15.4. The van der Waals surface area contributed by atoms with E-state index in [1.54, 1.807) is 18.2 Å². The Morgan fingerprint density at radius 2 is 1.78 bits per heavy atom. The Labute approximate surface area is 185 Å². The number of aromatic nitrogens is 1. The zero-order valence-corrected chi connectivity index (χ0v) is 18.0. The Balaban J connectivity index is 0.00000261. The Kier molecular flexibility index (Phi) is 7.87. The molecule has 0 fully saturated rings. The molecule has 4 nitrogen and oxygen atoms in total. The van der Waals surface area contributed by atoms with E-state index >= 15 is 0 Å². The van der Waals surface area contributed by atoms with E-state index in [-0.39, 0.29) is 35.3 Å². The minimum Gasteiger partial charge on any atom is -0.543 e. The molecule has 0 radical (unpaired) electrons. The number of halogens is 1. The first-order chi connectivity index (χ1) is 12.6. The zero-order valence-electron chi connectivity index (χ0n) is 15.2. The summed E-state index contributed by atoms with van der Waals surface area (Å²) in [5.74, 6) is -0.584. The maximum absolute atomic E-state index is 11.1. The van der Waals surface area contributed by atoms with Gasteiger partial charge in [-0.2, -0.15) is 0 Å². The van der Waals surface area contributed by atoms with Crippen molar-refractivity contribution >= 4 is 17.6 Å². The van der Waals surface area contributed by atoms with Crippen molar-refractivity contribution in [3.05, 3.63) is 71.4 Å². The molecule has 0 aliphatic heterocycles. The first kappa shape index (κ1) is 21.5. The molecule has 0 unspecified atom stereocenters. The molecule has 0 atom stereocenters. The van der Waals surface area contributed by atoms with E-state index in [1.807, 2.05) is 43.3 Å². The van der Waals surface area contributed by atoms with Crippen molar-refractivity contribution in [2.75, 3.05) is 6.61 Å². The van der Waals surface area contributed by atoms with E-state index in [0.717, 1.165) is 28.9 Å². The average molecular weight is 390 g/mol. The van der Waals surface area contributed by atoms with E-state index in [9.17, 15) is 9.90 Å². The van der Waals surface area contributed by atoms with Crippen LogP contribution in [0.2, 0.25) is 5.02 Å². The maximum atomic E-state index is 11.1. The van der Waals surface area contributed by atoms with Gasteiger partial charge in [-0.25, -0.2) is 4.98 Å². The standard InChI is InChI=1S/C21H18ClNO3.Na/c1-2-12-26-20-11-10-14(22)13-17(20)15-6-3-4-7-16(15)18-8-5-9-19(23-18)21(24)25;/h3-11,13H,2,12H2,1H3,(H,24,25);/q;+1/p-1. The minimum atomic E-state index is -1.31. The van der Waals surface area contributed by atoms with Gasteiger partial charge in [0.1, 0.15) is 5.75 Å². The van der Waals surface area contributed by atoms with E-state index < -0.39 is 5.97 Å². The van der Waals surface area contributed by atoms with Crippen molar-refractivity contribution in [2.24, 2.45) is 0 Å². The van der Waals surface area contributed by atoms with Gasteiger partial charge in [0.05, 0.1) is 24.0 Å². The average Bonchev–Trinajstić information content (AvgIpc) is 2.67. The summed E-state index contributed by atoms with van der Waals surface area (Å²) >= 11 is 6.21. The zero-order chi connectivity index (χ0) is 18.5. The topological polar surface area (TPSA) is 62.2 Å². The Bertz CT molecular complexity index is 946. The number of hydrogen-bond donors (Lipinski definition) is 0. The van der Waals surface area contributed by atoms with Gasteiger partial charge >= 0.3 is 29.6 Å². The Hall–Kier alpha value is -1.85. The number of benzene rings is 2. The third-order valence-electron chi connectivity index (χ3n) is 3.85. The first-order valence-electron chi connectivity index (χ1n) is 8.30. The summed E-state index contributed by atoms with van der Waals surface area (Å²) in [5, 5.41) is 11.7. The van der Waals surface area contributed by atoms with Gasteiger partial charge in [-0.1, -0.05) is 48.9 Å². The van der Waals surface area contributed by atoms with Crippen LogP contribution in [-0.4, -0.2) is 17.6 Å². The van der Waals surface area contributed by atoms with E-state index in [4.69, 9.17) is 16.3 Å². The summed E-state index contributed by atoms with van der Waals surface area (Å²) in [7, 11) is 0. The molecule has 0 amide bonds. The van der Waals surface area contributed by atoms with Crippen LogP contribution in [0.1, 0.15) is 23.8 Å². The maximum Gasteiger partial charge on any atom is 1.00 e. The second-order valence-corrected chi connectivity index (χ2v) is 6.17. The smallest absolute Gasteiger partial charge is 0.543 e. The van der Waals surface area contributed by atoms with Gasteiger partial charge in [-0.3, -0.25) is 0 Å². The predicted molar refractivity (Wildman–Crippen MR) is 100 cm³/mol. The third-order valence-corrected chi connectivity index (χ3v) is 4.09. The van der Waals surface area contributed by atoms with Crippen LogP contribution in [0.25, 0.3) is 22.4 Å². The monoisotopic (exact) mass is 389 g/mol. The number of carbonyl (C=O) groups is 1. The molecule has 132 valence electrons. The molecule has 2 aromatic carbocycles. The molecule has 3 aromatic rings. The number of carbonyl (C=O) groups excluding carboxylic acids is 1. The first-order valence-corrected chi connectivity index (χ1v) is 8.68. The van der Waals surface area contributed by atoms with Crippen LogP contribution in [0.5, 0.6) is 5.75 Å². The Morgan fingerprint density at radius 1 is 1.04 bits per heavy atom. The van der Waals surface area contributed by atoms with Gasteiger partial charge in [0.25, 0.3) is 0 Å². The quantitative estimate of drug-likeness (QED) is 0.595. The molecule has 0 aliphatic carbocycles. The van der Waals surface area contributed by atoms with Crippen molar-refractivity contribution in [1.82, 2.24) is 4.98 Å². The van der Waals surface area contributed by atoms with Crippen molar-refractivity contribution in [3.8, 4) is 28.1 Å². The molecule has 1 heterocycles. The van der Waals surface area contributed by atoms with Crippen LogP contribution >= 0.6 is 11.6 Å². The SMILES string of the molecule is CCCOc1ccc(Cl)cc1-c1ccccc1-c1cccc(C(=O)[O-])n1.[Na+]. The molecule has 27 heavy (non-hydrogen) atoms. The second kappa shape index (κ2) is 9.90. The summed E-state index contributed by atoms with van der Waals surface area (Å²) in [5.41, 5.74) is 2.93. The molecule has 6 heteroatoms. The van der Waals surface area contributed by atoms with E-state index in [1.165, 1.54) is 6.07 Å². The number of nitrogens with zero attached hydrogens (tertiary/aromatic N) is 1. The predicted octanol–water partition coefficient (Wildman–Crippen LogP) is 1.23. The third kappa shape index (κ3) is 5.11. The van der Waals surface area contributed by atoms with Crippen molar-refractivity contribution in [1.29, 1.82) is 0 Å². The fourth-order valence-electron chi connectivity index (χ4n) is 2.69. The molecule has 0 aliphatic rings.